The molecule has 0 aliphatic rings. The van der Waals surface area contributed by atoms with Crippen molar-refractivity contribution in [2.24, 2.45) is 5.14 Å². The standard InChI is InChI=1S/C18H17N5O2S/c1-12-8-17-16(11-20-12)18-14(10-21-17)6-7-23(18)15-4-2-13(3-5-15)9-22-26(19,24)25/h2-8,10-11,22H,9H2,1H3,(H2,19,24,25). The van der Waals surface area contributed by atoms with Gasteiger partial charge in [0.15, 0.2) is 0 Å². The molecule has 0 aliphatic heterocycles. The highest BCUT2D eigenvalue weighted by atomic mass is 32.2. The smallest absolute Gasteiger partial charge is 0.274 e. The van der Waals surface area contributed by atoms with E-state index in [0.29, 0.717) is 0 Å². The van der Waals surface area contributed by atoms with Crippen LogP contribution in [-0.2, 0) is 16.8 Å². The minimum absolute atomic E-state index is 0.154. The van der Waals surface area contributed by atoms with Crippen molar-refractivity contribution >= 4 is 32.0 Å². The van der Waals surface area contributed by atoms with Gasteiger partial charge in [0, 0.05) is 47.3 Å². The Hall–Kier alpha value is -2.81. The van der Waals surface area contributed by atoms with E-state index in [0.717, 1.165) is 38.8 Å². The van der Waals surface area contributed by atoms with Crippen molar-refractivity contribution in [3.05, 3.63) is 66.2 Å². The monoisotopic (exact) mass is 367 g/mol. The molecule has 0 fully saturated rings. The molecule has 0 saturated carbocycles. The van der Waals surface area contributed by atoms with Gasteiger partial charge in [-0.25, -0.2) is 5.14 Å². The number of hydrogen-bond acceptors (Lipinski definition) is 4. The lowest BCUT2D eigenvalue weighted by Gasteiger charge is -2.09. The van der Waals surface area contributed by atoms with E-state index in [1.807, 2.05) is 61.9 Å². The highest BCUT2D eigenvalue weighted by molar-refractivity contribution is 7.87. The van der Waals surface area contributed by atoms with Crippen molar-refractivity contribution in [2.75, 3.05) is 0 Å². The van der Waals surface area contributed by atoms with Crippen LogP contribution in [0.25, 0.3) is 27.5 Å². The summed E-state index contributed by atoms with van der Waals surface area (Å²) in [7, 11) is -3.70. The number of nitrogens with one attached hydrogen (secondary N) is 1. The second-order valence-electron chi connectivity index (χ2n) is 6.12. The molecule has 0 amide bonds. The molecule has 1 aromatic carbocycles. The Morgan fingerprint density at radius 2 is 1.88 bits per heavy atom. The molecule has 26 heavy (non-hydrogen) atoms. The highest BCUT2D eigenvalue weighted by Gasteiger charge is 2.09. The second kappa shape index (κ2) is 6.17. The van der Waals surface area contributed by atoms with E-state index >= 15 is 0 Å². The predicted molar refractivity (Wildman–Crippen MR) is 101 cm³/mol. The van der Waals surface area contributed by atoms with E-state index < -0.39 is 10.2 Å². The SMILES string of the molecule is Cc1cc2ncc3ccn(-c4ccc(CNS(N)(=O)=O)cc4)c3c2cn1. The van der Waals surface area contributed by atoms with Crippen LogP contribution in [-0.4, -0.2) is 23.0 Å². The zero-order valence-corrected chi connectivity index (χ0v) is 14.9. The zero-order valence-electron chi connectivity index (χ0n) is 14.0. The average molecular weight is 367 g/mol. The van der Waals surface area contributed by atoms with Crippen LogP contribution in [0.3, 0.4) is 0 Å². The first-order valence-corrected chi connectivity index (χ1v) is 9.54. The number of fused-ring (bicyclic) bond motifs is 3. The maximum absolute atomic E-state index is 11.0. The molecule has 0 saturated heterocycles. The maximum Gasteiger partial charge on any atom is 0.274 e. The number of hydrogen-bond donors (Lipinski definition) is 2. The molecule has 4 aromatic rings. The van der Waals surface area contributed by atoms with Crippen molar-refractivity contribution in [3.63, 3.8) is 0 Å². The number of aromatic nitrogens is 3. The number of pyridine rings is 2. The molecule has 0 atom stereocenters. The summed E-state index contributed by atoms with van der Waals surface area (Å²) in [4.78, 5) is 8.91. The van der Waals surface area contributed by atoms with Crippen molar-refractivity contribution in [2.45, 2.75) is 13.5 Å². The van der Waals surface area contributed by atoms with Gasteiger partial charge in [-0.05, 0) is 36.8 Å². The Bertz CT molecular complexity index is 1210. The lowest BCUT2D eigenvalue weighted by Crippen LogP contribution is -2.30. The van der Waals surface area contributed by atoms with Crippen LogP contribution in [0.4, 0.5) is 0 Å². The summed E-state index contributed by atoms with van der Waals surface area (Å²) in [5.41, 5.74) is 4.65. The molecule has 0 spiro atoms. The van der Waals surface area contributed by atoms with Crippen LogP contribution in [0.15, 0.2) is 55.0 Å². The molecular weight excluding hydrogens is 350 g/mol. The summed E-state index contributed by atoms with van der Waals surface area (Å²) < 4.78 is 26.4. The van der Waals surface area contributed by atoms with Gasteiger partial charge in [0.2, 0.25) is 0 Å². The average Bonchev–Trinajstić information content (AvgIpc) is 3.04. The second-order valence-corrected chi connectivity index (χ2v) is 7.50. The summed E-state index contributed by atoms with van der Waals surface area (Å²) in [6, 6.07) is 11.6. The topological polar surface area (TPSA) is 103 Å². The fraction of sp³-hybridized carbons (Fsp3) is 0.111. The first-order valence-electron chi connectivity index (χ1n) is 8.00. The molecule has 0 bridgehead atoms. The van der Waals surface area contributed by atoms with E-state index in [2.05, 4.69) is 19.3 Å². The number of aryl methyl sites for hydroxylation is 1. The largest absolute Gasteiger partial charge is 0.316 e. The van der Waals surface area contributed by atoms with Gasteiger partial charge in [-0.3, -0.25) is 9.97 Å². The van der Waals surface area contributed by atoms with Gasteiger partial charge in [-0.15, -0.1) is 0 Å². The van der Waals surface area contributed by atoms with Crippen LogP contribution in [0.1, 0.15) is 11.3 Å². The van der Waals surface area contributed by atoms with Crippen molar-refractivity contribution in [1.29, 1.82) is 0 Å². The molecule has 132 valence electrons. The predicted octanol–water partition coefficient (Wildman–Crippen LogP) is 2.18. The molecule has 3 N–H and O–H groups in total. The molecule has 0 aliphatic carbocycles. The van der Waals surface area contributed by atoms with Gasteiger partial charge in [0.05, 0.1) is 11.0 Å². The molecule has 3 heterocycles. The summed E-state index contributed by atoms with van der Waals surface area (Å²) in [5, 5.41) is 6.98. The molecule has 4 rings (SSSR count). The van der Waals surface area contributed by atoms with Crippen LogP contribution < -0.4 is 9.86 Å². The van der Waals surface area contributed by atoms with Gasteiger partial charge in [-0.1, -0.05) is 12.1 Å². The number of rotatable bonds is 4. The molecule has 8 heteroatoms. The fourth-order valence-corrected chi connectivity index (χ4v) is 3.35. The zero-order chi connectivity index (χ0) is 18.3. The van der Waals surface area contributed by atoms with Gasteiger partial charge >= 0.3 is 0 Å². The van der Waals surface area contributed by atoms with E-state index in [4.69, 9.17) is 5.14 Å². The molecule has 0 radical (unpaired) electrons. The molecular formula is C18H17N5O2S. The minimum atomic E-state index is -3.70. The van der Waals surface area contributed by atoms with Crippen LogP contribution in [0.5, 0.6) is 0 Å². The quantitative estimate of drug-likeness (QED) is 0.577. The third kappa shape index (κ3) is 3.17. The molecule has 3 aromatic heterocycles. The summed E-state index contributed by atoms with van der Waals surface area (Å²) in [6.07, 6.45) is 5.70. The Kier molecular flexibility index (Phi) is 3.95. The number of nitrogens with two attached hydrogens (primary N) is 1. The molecule has 0 unspecified atom stereocenters. The van der Waals surface area contributed by atoms with E-state index in [1.54, 1.807) is 0 Å². The van der Waals surface area contributed by atoms with Crippen molar-refractivity contribution in [1.82, 2.24) is 19.3 Å². The summed E-state index contributed by atoms with van der Waals surface area (Å²) >= 11 is 0. The number of benzene rings is 1. The first kappa shape index (κ1) is 16.6. The third-order valence-corrected chi connectivity index (χ3v) is 4.77. The maximum atomic E-state index is 11.0. The third-order valence-electron chi connectivity index (χ3n) is 4.23. The van der Waals surface area contributed by atoms with E-state index in [-0.39, 0.29) is 6.54 Å². The minimum Gasteiger partial charge on any atom is -0.316 e. The van der Waals surface area contributed by atoms with Gasteiger partial charge in [0.1, 0.15) is 0 Å². The Morgan fingerprint density at radius 1 is 1.12 bits per heavy atom. The molecule has 7 nitrogen and oxygen atoms in total. The Labute approximate surface area is 150 Å². The van der Waals surface area contributed by atoms with Crippen LogP contribution >= 0.6 is 0 Å². The summed E-state index contributed by atoms with van der Waals surface area (Å²) in [5.74, 6) is 0. The fourth-order valence-electron chi connectivity index (χ4n) is 2.98. The van der Waals surface area contributed by atoms with Crippen molar-refractivity contribution < 1.29 is 8.42 Å². The van der Waals surface area contributed by atoms with Crippen LogP contribution in [0.2, 0.25) is 0 Å². The van der Waals surface area contributed by atoms with Gasteiger partial charge in [0.25, 0.3) is 10.2 Å². The lowest BCUT2D eigenvalue weighted by atomic mass is 10.2. The highest BCUT2D eigenvalue weighted by Crippen LogP contribution is 2.27. The van der Waals surface area contributed by atoms with Crippen LogP contribution in [0, 0.1) is 6.92 Å². The normalized spacial score (nSPS) is 12.1. The Balaban J connectivity index is 1.77. The van der Waals surface area contributed by atoms with E-state index in [9.17, 15) is 8.42 Å². The lowest BCUT2D eigenvalue weighted by molar-refractivity contribution is 0.583. The van der Waals surface area contributed by atoms with E-state index in [1.165, 1.54) is 0 Å². The Morgan fingerprint density at radius 3 is 2.62 bits per heavy atom. The summed E-state index contributed by atoms with van der Waals surface area (Å²) in [6.45, 7) is 2.10. The number of nitrogens with zero attached hydrogens (tertiary/aromatic N) is 3. The first-order chi connectivity index (χ1) is 12.4. The van der Waals surface area contributed by atoms with Gasteiger partial charge < -0.3 is 4.57 Å². The van der Waals surface area contributed by atoms with Crippen molar-refractivity contribution in [3.8, 4) is 5.69 Å². The van der Waals surface area contributed by atoms with Gasteiger partial charge in [-0.2, -0.15) is 13.1 Å².